The largest absolute Gasteiger partial charge is 0.507 e. The number of nitrogens with two attached hydrogens (primary N) is 1. The quantitative estimate of drug-likeness (QED) is 0.233. The molecule has 0 unspecified atom stereocenters. The predicted octanol–water partition coefficient (Wildman–Crippen LogP) is -0.828. The van der Waals surface area contributed by atoms with Crippen LogP contribution >= 0.6 is 0 Å². The van der Waals surface area contributed by atoms with E-state index in [9.17, 15) is 20.4 Å². The van der Waals surface area contributed by atoms with Gasteiger partial charge in [-0.25, -0.2) is 20.4 Å². The number of ether oxygens (including phenoxy) is 1. The molecular weight excluding hydrogens is 382 g/mol. The third-order valence-corrected chi connectivity index (χ3v) is 4.58. The number of nitrogens with zero attached hydrogens (tertiary/aromatic N) is 5. The molecule has 4 rings (SSSR count). The van der Waals surface area contributed by atoms with Crippen molar-refractivity contribution in [2.45, 2.75) is 24.5 Å². The first-order valence-electron chi connectivity index (χ1n) is 8.69. The summed E-state index contributed by atoms with van der Waals surface area (Å²) in [6.07, 6.45) is -2.14. The molecule has 29 heavy (non-hydrogen) atoms. The van der Waals surface area contributed by atoms with E-state index in [2.05, 4.69) is 25.5 Å². The third-order valence-electron chi connectivity index (χ3n) is 4.58. The van der Waals surface area contributed by atoms with Gasteiger partial charge in [-0.05, 0) is 12.1 Å². The number of aromatic nitrogens is 4. The van der Waals surface area contributed by atoms with Gasteiger partial charge in [-0.1, -0.05) is 12.1 Å². The van der Waals surface area contributed by atoms with Crippen LogP contribution < -0.4 is 11.2 Å². The number of phenolic OH excluding ortho intramolecular Hbond substituents is 1. The van der Waals surface area contributed by atoms with Gasteiger partial charge in [0.15, 0.2) is 23.2 Å². The van der Waals surface area contributed by atoms with Gasteiger partial charge in [0, 0.05) is 5.56 Å². The molecule has 0 spiro atoms. The summed E-state index contributed by atoms with van der Waals surface area (Å²) in [5, 5.41) is 43.8. The second-order valence-corrected chi connectivity index (χ2v) is 6.39. The first-order chi connectivity index (χ1) is 14.0. The number of fused-ring (bicyclic) bond motifs is 1. The van der Waals surface area contributed by atoms with Crippen molar-refractivity contribution < 1.29 is 25.2 Å². The van der Waals surface area contributed by atoms with Crippen molar-refractivity contribution in [1.82, 2.24) is 19.5 Å². The summed E-state index contributed by atoms with van der Waals surface area (Å²) >= 11 is 0. The van der Waals surface area contributed by atoms with Crippen LogP contribution in [0.15, 0.2) is 35.7 Å². The number of hydrogen-bond acceptors (Lipinski definition) is 11. The second kappa shape index (κ2) is 7.60. The number of para-hydroxylation sites is 1. The Morgan fingerprint density at radius 2 is 2.03 bits per heavy atom. The number of nitrogen functional groups attached to an aromatic ring is 1. The van der Waals surface area contributed by atoms with Gasteiger partial charge in [0.05, 0.1) is 12.8 Å². The number of benzene rings is 1. The van der Waals surface area contributed by atoms with Crippen molar-refractivity contribution in [3.63, 3.8) is 0 Å². The maximum atomic E-state index is 10.4. The molecule has 1 aliphatic rings. The minimum absolute atomic E-state index is 0.0464. The number of phenols is 1. The van der Waals surface area contributed by atoms with Crippen LogP contribution in [0.5, 0.6) is 5.75 Å². The molecule has 12 heteroatoms. The highest BCUT2D eigenvalue weighted by Crippen LogP contribution is 2.35. The summed E-state index contributed by atoms with van der Waals surface area (Å²) in [5.74, 6) is 0.257. The maximum Gasteiger partial charge on any atom is 0.228 e. The molecule has 1 fully saturated rings. The lowest BCUT2D eigenvalue weighted by molar-refractivity contribution is -0.0501. The predicted molar refractivity (Wildman–Crippen MR) is 102 cm³/mol. The van der Waals surface area contributed by atoms with Crippen LogP contribution in [-0.4, -0.2) is 71.1 Å². The molecule has 152 valence electrons. The van der Waals surface area contributed by atoms with Gasteiger partial charge < -0.3 is 30.9 Å². The van der Waals surface area contributed by atoms with Gasteiger partial charge >= 0.3 is 0 Å². The smallest absolute Gasteiger partial charge is 0.228 e. The molecule has 0 saturated carbocycles. The fourth-order valence-electron chi connectivity index (χ4n) is 3.10. The number of anilines is 2. The Bertz CT molecular complexity index is 1060. The second-order valence-electron chi connectivity index (χ2n) is 6.39. The summed E-state index contributed by atoms with van der Waals surface area (Å²) in [4.78, 5) is 12.3. The van der Waals surface area contributed by atoms with Gasteiger partial charge in [0.1, 0.15) is 30.4 Å². The van der Waals surface area contributed by atoms with Crippen LogP contribution in [0.1, 0.15) is 11.8 Å². The Hall–Kier alpha value is -3.32. The summed E-state index contributed by atoms with van der Waals surface area (Å²) < 4.78 is 6.97. The standard InChI is InChI=1S/C17H19N7O5/c18-14-11-15(20-7-19-14)24(16-13(28)12(27)10(6-25)29-16)17(22-11)23-21-5-8-3-1-2-4-9(8)26/h1-5,7,10,12-13,16,25-28H,6H2,(H,22,23)(H2,18,19,20)/b21-5-/t10-,12+,13+,16-/m0/s1. The lowest BCUT2D eigenvalue weighted by atomic mass is 10.1. The highest BCUT2D eigenvalue weighted by Gasteiger charge is 2.45. The third kappa shape index (κ3) is 3.34. The van der Waals surface area contributed by atoms with E-state index in [1.54, 1.807) is 18.2 Å². The number of aromatic hydroxyl groups is 1. The van der Waals surface area contributed by atoms with E-state index < -0.39 is 31.1 Å². The fourth-order valence-corrected chi connectivity index (χ4v) is 3.10. The first-order valence-corrected chi connectivity index (χ1v) is 8.69. The van der Waals surface area contributed by atoms with Crippen molar-refractivity contribution in [2.24, 2.45) is 5.10 Å². The summed E-state index contributed by atoms with van der Waals surface area (Å²) in [5.41, 5.74) is 9.53. The average Bonchev–Trinajstić information content (AvgIpc) is 3.22. The lowest BCUT2D eigenvalue weighted by Crippen LogP contribution is -2.33. The zero-order chi connectivity index (χ0) is 20.5. The van der Waals surface area contributed by atoms with Crippen LogP contribution in [0.2, 0.25) is 0 Å². The Balaban J connectivity index is 1.73. The number of imidazole rings is 1. The van der Waals surface area contributed by atoms with Crippen molar-refractivity contribution in [1.29, 1.82) is 0 Å². The van der Waals surface area contributed by atoms with Gasteiger partial charge in [-0.2, -0.15) is 5.10 Å². The highest BCUT2D eigenvalue weighted by molar-refractivity contribution is 5.85. The van der Waals surface area contributed by atoms with Gasteiger partial charge in [-0.3, -0.25) is 4.57 Å². The van der Waals surface area contributed by atoms with Crippen molar-refractivity contribution in [3.8, 4) is 5.75 Å². The van der Waals surface area contributed by atoms with E-state index in [1.807, 2.05) is 0 Å². The minimum atomic E-state index is -1.36. The molecule has 1 aromatic carbocycles. The van der Waals surface area contributed by atoms with Crippen LogP contribution in [0.25, 0.3) is 11.2 Å². The fraction of sp³-hybridized carbons (Fsp3) is 0.294. The molecule has 1 saturated heterocycles. The molecule has 4 atom stereocenters. The topological polar surface area (TPSA) is 184 Å². The molecule has 12 nitrogen and oxygen atoms in total. The van der Waals surface area contributed by atoms with E-state index in [0.717, 1.165) is 0 Å². The Morgan fingerprint density at radius 3 is 2.76 bits per heavy atom. The molecule has 7 N–H and O–H groups in total. The van der Waals surface area contributed by atoms with Crippen LogP contribution in [0, 0.1) is 0 Å². The molecule has 0 radical (unpaired) electrons. The number of aliphatic hydroxyl groups excluding tert-OH is 3. The van der Waals surface area contributed by atoms with Crippen LogP contribution in [0.3, 0.4) is 0 Å². The summed E-state index contributed by atoms with van der Waals surface area (Å²) in [6.45, 7) is -0.479. The molecule has 2 aromatic heterocycles. The van der Waals surface area contributed by atoms with Crippen molar-refractivity contribution in [3.05, 3.63) is 36.2 Å². The zero-order valence-electron chi connectivity index (χ0n) is 15.0. The molecule has 1 aliphatic heterocycles. The van der Waals surface area contributed by atoms with Gasteiger partial charge in [0.25, 0.3) is 0 Å². The summed E-state index contributed by atoms with van der Waals surface area (Å²) in [7, 11) is 0. The Labute approximate surface area is 163 Å². The first kappa shape index (κ1) is 19.0. The highest BCUT2D eigenvalue weighted by atomic mass is 16.6. The van der Waals surface area contributed by atoms with Crippen molar-refractivity contribution >= 4 is 29.1 Å². The van der Waals surface area contributed by atoms with Gasteiger partial charge in [-0.15, -0.1) is 0 Å². The number of hydrogen-bond donors (Lipinski definition) is 6. The van der Waals surface area contributed by atoms with E-state index in [4.69, 9.17) is 10.5 Å². The van der Waals surface area contributed by atoms with Crippen LogP contribution in [0.4, 0.5) is 11.8 Å². The zero-order valence-corrected chi connectivity index (χ0v) is 15.0. The molecule has 3 heterocycles. The van der Waals surface area contributed by atoms with E-state index in [0.29, 0.717) is 5.56 Å². The van der Waals surface area contributed by atoms with E-state index in [1.165, 1.54) is 23.2 Å². The molecule has 3 aromatic rings. The number of aliphatic hydroxyl groups is 3. The van der Waals surface area contributed by atoms with Gasteiger partial charge in [0.2, 0.25) is 5.95 Å². The molecule has 0 bridgehead atoms. The lowest BCUT2D eigenvalue weighted by Gasteiger charge is -2.18. The molecule has 0 aliphatic carbocycles. The number of rotatable bonds is 5. The van der Waals surface area contributed by atoms with E-state index >= 15 is 0 Å². The average molecular weight is 401 g/mol. The monoisotopic (exact) mass is 401 g/mol. The minimum Gasteiger partial charge on any atom is -0.507 e. The SMILES string of the molecule is Nc1ncnc2c1nc(N/N=C\c1ccccc1O)n2[C@H]1O[C@@H](CO)[C@@H](O)[C@H]1O. The number of hydrazone groups is 1. The maximum absolute atomic E-state index is 10.4. The normalized spacial score (nSPS) is 24.5. The molecular formula is C17H19N7O5. The Morgan fingerprint density at radius 1 is 1.24 bits per heavy atom. The van der Waals surface area contributed by atoms with Crippen molar-refractivity contribution in [2.75, 3.05) is 17.8 Å². The molecule has 0 amide bonds. The summed E-state index contributed by atoms with van der Waals surface area (Å²) in [6, 6.07) is 6.61. The number of nitrogens with one attached hydrogen (secondary N) is 1. The van der Waals surface area contributed by atoms with Crippen LogP contribution in [-0.2, 0) is 4.74 Å². The van der Waals surface area contributed by atoms with E-state index in [-0.39, 0.29) is 28.7 Å². The Kier molecular flexibility index (Phi) is 4.98.